The van der Waals surface area contributed by atoms with Crippen LogP contribution in [-0.4, -0.2) is 31.1 Å². The molecule has 0 bridgehead atoms. The molecule has 0 aliphatic carbocycles. The van der Waals surface area contributed by atoms with E-state index in [2.05, 4.69) is 0 Å². The molecular formula is C8H11BO4. The molecule has 0 spiro atoms. The third-order valence-electron chi connectivity index (χ3n) is 1.27. The lowest BCUT2D eigenvalue weighted by atomic mass is 10.2. The van der Waals surface area contributed by atoms with Gasteiger partial charge in [-0.2, -0.15) is 0 Å². The first kappa shape index (κ1) is 11.7. The Morgan fingerprint density at radius 3 is 2.31 bits per heavy atom. The van der Waals surface area contributed by atoms with Crippen molar-refractivity contribution in [1.82, 2.24) is 0 Å². The maximum absolute atomic E-state index is 10.3. The second-order valence-electron chi connectivity index (χ2n) is 2.00. The molecule has 0 fully saturated rings. The van der Waals surface area contributed by atoms with Gasteiger partial charge in [0.1, 0.15) is 5.75 Å². The summed E-state index contributed by atoms with van der Waals surface area (Å²) in [7, 11) is 0.794. The average molecular weight is 182 g/mol. The van der Waals surface area contributed by atoms with Gasteiger partial charge in [-0.1, -0.05) is 12.1 Å². The largest absolute Gasteiger partial charge is 0.496 e. The highest BCUT2D eigenvalue weighted by atomic mass is 16.5. The van der Waals surface area contributed by atoms with Gasteiger partial charge in [0.15, 0.2) is 6.29 Å². The Bertz CT molecular complexity index is 252. The van der Waals surface area contributed by atoms with E-state index >= 15 is 0 Å². The maximum atomic E-state index is 10.3. The van der Waals surface area contributed by atoms with Gasteiger partial charge in [0.25, 0.3) is 0 Å². The Balaban J connectivity index is 0.000000424. The topological polar surface area (TPSA) is 66.8 Å². The third-order valence-corrected chi connectivity index (χ3v) is 1.27. The molecule has 1 rings (SSSR count). The zero-order chi connectivity index (χ0) is 10.1. The summed E-state index contributed by atoms with van der Waals surface area (Å²) in [5, 5.41) is 14.2. The van der Waals surface area contributed by atoms with E-state index in [-0.39, 0.29) is 0 Å². The Morgan fingerprint density at radius 2 is 1.92 bits per heavy atom. The molecule has 1 aromatic carbocycles. The summed E-state index contributed by atoms with van der Waals surface area (Å²) in [4.78, 5) is 10.3. The van der Waals surface area contributed by atoms with Gasteiger partial charge in [-0.3, -0.25) is 4.79 Å². The van der Waals surface area contributed by atoms with Crippen molar-refractivity contribution in [1.29, 1.82) is 0 Å². The van der Waals surface area contributed by atoms with Crippen molar-refractivity contribution >= 4 is 14.0 Å². The summed E-state index contributed by atoms with van der Waals surface area (Å²) in [6.07, 6.45) is 0.777. The van der Waals surface area contributed by atoms with Crippen LogP contribution in [0.25, 0.3) is 0 Å². The summed E-state index contributed by atoms with van der Waals surface area (Å²) in [6, 6.07) is 7.09. The molecule has 1 aromatic rings. The normalized spacial score (nSPS) is 7.92. The summed E-state index contributed by atoms with van der Waals surface area (Å²) in [5.74, 6) is 0.623. The number of hydrogen-bond donors (Lipinski definition) is 2. The fourth-order valence-electron chi connectivity index (χ4n) is 0.764. The van der Waals surface area contributed by atoms with E-state index in [4.69, 9.17) is 14.8 Å². The number of methoxy groups -OCH3 is 1. The van der Waals surface area contributed by atoms with Crippen LogP contribution in [0.5, 0.6) is 5.75 Å². The second-order valence-corrected chi connectivity index (χ2v) is 2.00. The van der Waals surface area contributed by atoms with Crippen LogP contribution in [0.1, 0.15) is 10.4 Å². The first-order chi connectivity index (χ1) is 6.29. The highest BCUT2D eigenvalue weighted by Gasteiger charge is 1.96. The second kappa shape index (κ2) is 7.33. The van der Waals surface area contributed by atoms with E-state index < -0.39 is 7.69 Å². The lowest BCUT2D eigenvalue weighted by molar-refractivity contribution is 0.112. The van der Waals surface area contributed by atoms with Crippen LogP contribution in [0.15, 0.2) is 24.3 Å². The average Bonchev–Trinajstić information content (AvgIpc) is 2.19. The fourth-order valence-corrected chi connectivity index (χ4v) is 0.764. The van der Waals surface area contributed by atoms with Gasteiger partial charge in [0.05, 0.1) is 12.7 Å². The van der Waals surface area contributed by atoms with Gasteiger partial charge >= 0.3 is 7.69 Å². The molecule has 4 nitrogen and oxygen atoms in total. The first-order valence-electron chi connectivity index (χ1n) is 3.60. The molecule has 0 saturated heterocycles. The summed E-state index contributed by atoms with van der Waals surface area (Å²) in [6.45, 7) is 0. The van der Waals surface area contributed by atoms with E-state index in [0.717, 1.165) is 6.29 Å². The molecular weight excluding hydrogens is 171 g/mol. The van der Waals surface area contributed by atoms with Gasteiger partial charge in [0.2, 0.25) is 0 Å². The Labute approximate surface area is 77.1 Å². The summed E-state index contributed by atoms with van der Waals surface area (Å²) < 4.78 is 4.90. The number of ether oxygens (including phenoxy) is 1. The Kier molecular flexibility index (Phi) is 6.58. The van der Waals surface area contributed by atoms with Gasteiger partial charge in [0, 0.05) is 0 Å². The van der Waals surface area contributed by atoms with Crippen LogP contribution in [0.4, 0.5) is 0 Å². The fraction of sp³-hybridized carbons (Fsp3) is 0.125. The number of hydrogen-bond acceptors (Lipinski definition) is 4. The molecule has 0 heterocycles. The number of rotatable bonds is 2. The molecule has 0 aliphatic rings. The molecule has 5 heteroatoms. The highest BCUT2D eigenvalue weighted by molar-refractivity contribution is 6.13. The van der Waals surface area contributed by atoms with Crippen molar-refractivity contribution in [3.63, 3.8) is 0 Å². The molecule has 0 radical (unpaired) electrons. The SMILES string of the molecule is COc1ccccc1C=O.OBO. The summed E-state index contributed by atoms with van der Waals surface area (Å²) >= 11 is 0. The molecule has 0 aliphatic heterocycles. The van der Waals surface area contributed by atoms with Crippen LogP contribution in [0, 0.1) is 0 Å². The summed E-state index contributed by atoms with van der Waals surface area (Å²) in [5.41, 5.74) is 0.588. The number of aldehydes is 1. The van der Waals surface area contributed by atoms with E-state index in [1.54, 1.807) is 25.3 Å². The van der Waals surface area contributed by atoms with Gasteiger partial charge in [-0.05, 0) is 12.1 Å². The molecule has 0 atom stereocenters. The zero-order valence-corrected chi connectivity index (χ0v) is 7.30. The van der Waals surface area contributed by atoms with Crippen molar-refractivity contribution in [2.24, 2.45) is 0 Å². The molecule has 0 amide bonds. The zero-order valence-electron chi connectivity index (χ0n) is 7.30. The van der Waals surface area contributed by atoms with Crippen molar-refractivity contribution in [2.75, 3.05) is 7.11 Å². The lowest BCUT2D eigenvalue weighted by Crippen LogP contribution is -1.88. The quantitative estimate of drug-likeness (QED) is 0.488. The minimum Gasteiger partial charge on any atom is -0.496 e. The smallest absolute Gasteiger partial charge is 0.432 e. The molecule has 2 N–H and O–H groups in total. The Morgan fingerprint density at radius 1 is 1.38 bits per heavy atom. The van der Waals surface area contributed by atoms with Crippen molar-refractivity contribution in [3.8, 4) is 5.75 Å². The number of carbonyl (C=O) groups is 1. The van der Waals surface area contributed by atoms with Crippen LogP contribution < -0.4 is 4.74 Å². The predicted molar refractivity (Wildman–Crippen MR) is 50.0 cm³/mol. The molecule has 0 saturated carbocycles. The highest BCUT2D eigenvalue weighted by Crippen LogP contribution is 2.13. The van der Waals surface area contributed by atoms with E-state index in [1.165, 1.54) is 0 Å². The molecule has 0 unspecified atom stereocenters. The van der Waals surface area contributed by atoms with Crippen LogP contribution in [-0.2, 0) is 0 Å². The van der Waals surface area contributed by atoms with Gasteiger partial charge in [-0.15, -0.1) is 0 Å². The van der Waals surface area contributed by atoms with Crippen molar-refractivity contribution in [2.45, 2.75) is 0 Å². The minimum atomic E-state index is -0.750. The molecule has 13 heavy (non-hydrogen) atoms. The van der Waals surface area contributed by atoms with Crippen LogP contribution in [0.2, 0.25) is 0 Å². The number of para-hydroxylation sites is 1. The van der Waals surface area contributed by atoms with E-state index in [9.17, 15) is 4.79 Å². The van der Waals surface area contributed by atoms with E-state index in [0.29, 0.717) is 11.3 Å². The first-order valence-corrected chi connectivity index (χ1v) is 3.60. The number of carbonyl (C=O) groups excluding carboxylic acids is 1. The third kappa shape index (κ3) is 4.30. The maximum Gasteiger partial charge on any atom is 0.432 e. The predicted octanol–water partition coefficient (Wildman–Crippen LogP) is -0.255. The molecule has 70 valence electrons. The van der Waals surface area contributed by atoms with Gasteiger partial charge in [-0.25, -0.2) is 0 Å². The standard InChI is InChI=1S/C8H8O2.BH3O2/c1-10-8-5-3-2-4-7(8)6-9;2-1-3/h2-6H,1H3;1-3H. The van der Waals surface area contributed by atoms with Crippen molar-refractivity contribution in [3.05, 3.63) is 29.8 Å². The molecule has 0 aromatic heterocycles. The van der Waals surface area contributed by atoms with Gasteiger partial charge < -0.3 is 14.8 Å². The van der Waals surface area contributed by atoms with Crippen LogP contribution >= 0.6 is 0 Å². The number of benzene rings is 1. The van der Waals surface area contributed by atoms with E-state index in [1.807, 2.05) is 6.07 Å². The monoisotopic (exact) mass is 182 g/mol. The van der Waals surface area contributed by atoms with Crippen molar-refractivity contribution < 1.29 is 19.6 Å². The van der Waals surface area contributed by atoms with Crippen LogP contribution in [0.3, 0.4) is 0 Å². The minimum absolute atomic E-state index is 0.588. The Hall–Kier alpha value is -1.33. The lowest BCUT2D eigenvalue weighted by Gasteiger charge is -1.99.